The van der Waals surface area contributed by atoms with E-state index < -0.39 is 0 Å². The van der Waals surface area contributed by atoms with Crippen molar-refractivity contribution >= 4 is 17.0 Å². The van der Waals surface area contributed by atoms with Crippen LogP contribution in [0.1, 0.15) is 39.5 Å². The second-order valence-electron chi connectivity index (χ2n) is 5.93. The van der Waals surface area contributed by atoms with Gasteiger partial charge in [-0.05, 0) is 24.7 Å². The fraction of sp³-hybridized carbons (Fsp3) is 0.615. The number of nitrogens with zero attached hydrogens (tertiary/aromatic N) is 3. The molecule has 1 unspecified atom stereocenters. The van der Waals surface area contributed by atoms with Crippen LogP contribution in [0.3, 0.4) is 0 Å². The van der Waals surface area contributed by atoms with Gasteiger partial charge in [0.05, 0.1) is 6.33 Å². The lowest BCUT2D eigenvalue weighted by atomic mass is 9.75. The summed E-state index contributed by atoms with van der Waals surface area (Å²) in [6.07, 6.45) is 8.22. The van der Waals surface area contributed by atoms with Gasteiger partial charge in [-0.15, -0.1) is 0 Å². The van der Waals surface area contributed by atoms with E-state index in [2.05, 4.69) is 39.1 Å². The number of fused-ring (bicyclic) bond motifs is 1. The summed E-state index contributed by atoms with van der Waals surface area (Å²) in [5, 5.41) is 3.54. The first-order valence-corrected chi connectivity index (χ1v) is 6.55. The van der Waals surface area contributed by atoms with Crippen LogP contribution in [0.2, 0.25) is 0 Å². The van der Waals surface area contributed by atoms with E-state index in [4.69, 9.17) is 0 Å². The Labute approximate surface area is 106 Å². The van der Waals surface area contributed by atoms with Crippen molar-refractivity contribution in [1.29, 1.82) is 0 Å². The summed E-state index contributed by atoms with van der Waals surface area (Å²) in [7, 11) is 0. The van der Waals surface area contributed by atoms with Crippen LogP contribution >= 0.6 is 0 Å². The molecule has 1 aliphatic carbocycles. The molecule has 0 saturated heterocycles. The average Bonchev–Trinajstić information content (AvgIpc) is 2.77. The molecular weight excluding hydrogens is 226 g/mol. The molecule has 1 saturated carbocycles. The van der Waals surface area contributed by atoms with Crippen molar-refractivity contribution in [1.82, 2.24) is 19.9 Å². The van der Waals surface area contributed by atoms with Crippen LogP contribution in [0.4, 0.5) is 5.82 Å². The quantitative estimate of drug-likeness (QED) is 0.853. The van der Waals surface area contributed by atoms with Crippen LogP contribution in [-0.2, 0) is 0 Å². The van der Waals surface area contributed by atoms with Gasteiger partial charge >= 0.3 is 0 Å². The summed E-state index contributed by atoms with van der Waals surface area (Å²) in [5.41, 5.74) is 2.05. The Bertz CT molecular complexity index is 545. The normalized spacial score (nSPS) is 23.1. The van der Waals surface area contributed by atoms with Crippen LogP contribution in [0, 0.1) is 5.41 Å². The highest BCUT2D eigenvalue weighted by Crippen LogP contribution is 2.36. The molecule has 2 aromatic heterocycles. The van der Waals surface area contributed by atoms with Crippen molar-refractivity contribution in [2.75, 3.05) is 5.32 Å². The minimum absolute atomic E-state index is 0.427. The lowest BCUT2D eigenvalue weighted by molar-refractivity contribution is 0.229. The second kappa shape index (κ2) is 4.23. The predicted octanol–water partition coefficient (Wildman–Crippen LogP) is 2.73. The van der Waals surface area contributed by atoms with Crippen molar-refractivity contribution in [3.8, 4) is 0 Å². The lowest BCUT2D eigenvalue weighted by Crippen LogP contribution is -2.32. The molecule has 0 spiro atoms. The Hall–Kier alpha value is -1.65. The first-order valence-electron chi connectivity index (χ1n) is 6.55. The van der Waals surface area contributed by atoms with Crippen molar-refractivity contribution in [2.45, 2.75) is 45.6 Å². The summed E-state index contributed by atoms with van der Waals surface area (Å²) >= 11 is 0. The third-order valence-corrected chi connectivity index (χ3v) is 3.77. The molecule has 0 radical (unpaired) electrons. The number of imidazole rings is 1. The fourth-order valence-corrected chi connectivity index (χ4v) is 2.89. The molecular formula is C13H19N5. The molecule has 0 amide bonds. The van der Waals surface area contributed by atoms with E-state index >= 15 is 0 Å². The molecule has 3 rings (SSSR count). The number of anilines is 1. The minimum atomic E-state index is 0.427. The largest absolute Gasteiger partial charge is 0.365 e. The van der Waals surface area contributed by atoms with Gasteiger partial charge in [-0.25, -0.2) is 15.0 Å². The molecule has 18 heavy (non-hydrogen) atoms. The number of hydrogen-bond acceptors (Lipinski definition) is 4. The Morgan fingerprint density at radius 3 is 3.06 bits per heavy atom. The van der Waals surface area contributed by atoms with E-state index in [1.165, 1.54) is 25.7 Å². The van der Waals surface area contributed by atoms with Crippen molar-refractivity contribution < 1.29 is 0 Å². The predicted molar refractivity (Wildman–Crippen MR) is 71.3 cm³/mol. The van der Waals surface area contributed by atoms with Crippen LogP contribution in [0.5, 0.6) is 0 Å². The smallest absolute Gasteiger partial charge is 0.182 e. The summed E-state index contributed by atoms with van der Waals surface area (Å²) in [4.78, 5) is 15.7. The lowest BCUT2D eigenvalue weighted by Gasteiger charge is -2.35. The molecule has 5 heteroatoms. The van der Waals surface area contributed by atoms with Crippen LogP contribution in [-0.4, -0.2) is 26.0 Å². The number of aromatic nitrogens is 4. The molecule has 2 heterocycles. The number of H-pyrrole nitrogens is 1. The Morgan fingerprint density at radius 2 is 2.22 bits per heavy atom. The van der Waals surface area contributed by atoms with Crippen LogP contribution in [0.25, 0.3) is 11.2 Å². The van der Waals surface area contributed by atoms with Gasteiger partial charge in [-0.2, -0.15) is 0 Å². The van der Waals surface area contributed by atoms with Crippen LogP contribution in [0.15, 0.2) is 12.7 Å². The van der Waals surface area contributed by atoms with Gasteiger partial charge < -0.3 is 10.3 Å². The Balaban J connectivity index is 1.82. The fourth-order valence-electron chi connectivity index (χ4n) is 2.89. The highest BCUT2D eigenvalue weighted by atomic mass is 15.1. The van der Waals surface area contributed by atoms with Gasteiger partial charge in [0.2, 0.25) is 0 Å². The number of rotatable bonds is 2. The summed E-state index contributed by atoms with van der Waals surface area (Å²) in [5.74, 6) is 0.875. The zero-order valence-corrected chi connectivity index (χ0v) is 10.9. The molecule has 1 atom stereocenters. The van der Waals surface area contributed by atoms with Crippen molar-refractivity contribution in [3.63, 3.8) is 0 Å². The molecule has 0 bridgehead atoms. The third-order valence-electron chi connectivity index (χ3n) is 3.77. The molecule has 1 aliphatic rings. The Kier molecular flexibility index (Phi) is 2.69. The Morgan fingerprint density at radius 1 is 1.33 bits per heavy atom. The average molecular weight is 245 g/mol. The molecule has 5 nitrogen and oxygen atoms in total. The highest BCUT2D eigenvalue weighted by molar-refractivity contribution is 5.82. The zero-order valence-electron chi connectivity index (χ0n) is 10.9. The van der Waals surface area contributed by atoms with E-state index in [1.807, 2.05) is 0 Å². The minimum Gasteiger partial charge on any atom is -0.365 e. The molecule has 2 N–H and O–H groups in total. The van der Waals surface area contributed by atoms with E-state index in [-0.39, 0.29) is 0 Å². The molecule has 0 aromatic carbocycles. The number of nitrogens with one attached hydrogen (secondary N) is 2. The van der Waals surface area contributed by atoms with E-state index in [1.54, 1.807) is 12.7 Å². The molecule has 0 aliphatic heterocycles. The maximum Gasteiger partial charge on any atom is 0.182 e. The highest BCUT2D eigenvalue weighted by Gasteiger charge is 2.28. The zero-order chi connectivity index (χ0) is 12.6. The van der Waals surface area contributed by atoms with Crippen molar-refractivity contribution in [2.24, 2.45) is 5.41 Å². The first kappa shape index (κ1) is 11.4. The maximum atomic E-state index is 4.33. The first-order chi connectivity index (χ1) is 8.64. The summed E-state index contributed by atoms with van der Waals surface area (Å²) in [6, 6.07) is 0.496. The van der Waals surface area contributed by atoms with E-state index in [0.717, 1.165) is 17.0 Å². The van der Waals surface area contributed by atoms with Gasteiger partial charge in [0, 0.05) is 6.04 Å². The van der Waals surface area contributed by atoms with E-state index in [9.17, 15) is 0 Å². The topological polar surface area (TPSA) is 66.5 Å². The molecule has 96 valence electrons. The van der Waals surface area contributed by atoms with Crippen molar-refractivity contribution in [3.05, 3.63) is 12.7 Å². The SMILES string of the molecule is CC1(C)CCCC(Nc2ncnc3nc[nH]c23)C1. The third kappa shape index (κ3) is 2.17. The van der Waals surface area contributed by atoms with Gasteiger partial charge in [0.15, 0.2) is 11.5 Å². The summed E-state index contributed by atoms with van der Waals surface area (Å²) in [6.45, 7) is 4.68. The monoisotopic (exact) mass is 245 g/mol. The second-order valence-corrected chi connectivity index (χ2v) is 5.93. The number of aromatic amines is 1. The van der Waals surface area contributed by atoms with Crippen LogP contribution < -0.4 is 5.32 Å². The van der Waals surface area contributed by atoms with Gasteiger partial charge in [-0.3, -0.25) is 0 Å². The standard InChI is InChI=1S/C13H19N5/c1-13(2)5-3-4-9(6-13)18-12-10-11(15-7-14-10)16-8-17-12/h7-9H,3-6H2,1-2H3,(H2,14,15,16,17,18). The van der Waals surface area contributed by atoms with Gasteiger partial charge in [0.25, 0.3) is 0 Å². The van der Waals surface area contributed by atoms with E-state index in [0.29, 0.717) is 11.5 Å². The molecule has 2 aromatic rings. The van der Waals surface area contributed by atoms with Gasteiger partial charge in [-0.1, -0.05) is 20.3 Å². The number of hydrogen-bond donors (Lipinski definition) is 2. The molecule has 1 fully saturated rings. The maximum absolute atomic E-state index is 4.33. The summed E-state index contributed by atoms with van der Waals surface area (Å²) < 4.78 is 0. The van der Waals surface area contributed by atoms with Gasteiger partial charge in [0.1, 0.15) is 11.8 Å².